The van der Waals surface area contributed by atoms with E-state index in [0.29, 0.717) is 12.1 Å². The van der Waals surface area contributed by atoms with Crippen molar-refractivity contribution < 1.29 is 4.79 Å². The minimum Gasteiger partial charge on any atom is -0.353 e. The van der Waals surface area contributed by atoms with E-state index in [1.165, 1.54) is 0 Å². The van der Waals surface area contributed by atoms with Crippen molar-refractivity contribution in [1.82, 2.24) is 5.32 Å². The summed E-state index contributed by atoms with van der Waals surface area (Å²) in [7, 11) is 0. The minimum absolute atomic E-state index is 0. The zero-order valence-electron chi connectivity index (χ0n) is 12.0. The van der Waals surface area contributed by atoms with Gasteiger partial charge < -0.3 is 11.1 Å². The van der Waals surface area contributed by atoms with E-state index in [1.807, 2.05) is 30.3 Å². The van der Waals surface area contributed by atoms with Gasteiger partial charge >= 0.3 is 0 Å². The van der Waals surface area contributed by atoms with Gasteiger partial charge in [0, 0.05) is 12.1 Å². The van der Waals surface area contributed by atoms with Crippen LogP contribution in [0.4, 0.5) is 0 Å². The molecular weight excluding hydrogens is 272 g/mol. The van der Waals surface area contributed by atoms with Gasteiger partial charge in [-0.25, -0.2) is 0 Å². The van der Waals surface area contributed by atoms with Crippen LogP contribution in [0.15, 0.2) is 30.3 Å². The van der Waals surface area contributed by atoms with Crippen molar-refractivity contribution in [3.63, 3.8) is 0 Å². The van der Waals surface area contributed by atoms with Gasteiger partial charge in [-0.2, -0.15) is 0 Å². The Hall–Kier alpha value is -1.06. The summed E-state index contributed by atoms with van der Waals surface area (Å²) in [6.07, 6.45) is 4.90. The Bertz CT molecular complexity index is 402. The predicted molar refractivity (Wildman–Crippen MR) is 85.1 cm³/mol. The molecule has 1 fully saturated rings. The lowest BCUT2D eigenvalue weighted by atomic mass is 9.90. The number of nitrogens with one attached hydrogen (secondary N) is 1. The molecule has 1 aromatic rings. The van der Waals surface area contributed by atoms with Gasteiger partial charge in [-0.05, 0) is 37.7 Å². The summed E-state index contributed by atoms with van der Waals surface area (Å²) in [5, 5.41) is 3.19. The number of carbonyl (C=O) groups excluding carboxylic acids is 1. The molecule has 0 saturated heterocycles. The number of hydrogen-bond donors (Lipinski definition) is 2. The molecule has 20 heavy (non-hydrogen) atoms. The lowest BCUT2D eigenvalue weighted by Gasteiger charge is -2.28. The van der Waals surface area contributed by atoms with Crippen LogP contribution in [0.3, 0.4) is 0 Å². The first kappa shape index (κ1) is 17.0. The maximum absolute atomic E-state index is 12.4. The van der Waals surface area contributed by atoms with Crippen LogP contribution in [0.25, 0.3) is 0 Å². The van der Waals surface area contributed by atoms with Gasteiger partial charge in [0.15, 0.2) is 0 Å². The zero-order chi connectivity index (χ0) is 13.7. The number of hydrogen-bond acceptors (Lipinski definition) is 2. The van der Waals surface area contributed by atoms with Gasteiger partial charge in [0.25, 0.3) is 0 Å². The summed E-state index contributed by atoms with van der Waals surface area (Å²) in [5.41, 5.74) is 7.00. The van der Waals surface area contributed by atoms with Crippen LogP contribution in [0.5, 0.6) is 0 Å². The van der Waals surface area contributed by atoms with Gasteiger partial charge in [-0.3, -0.25) is 4.79 Å². The fraction of sp³-hybridized carbons (Fsp3) is 0.562. The summed E-state index contributed by atoms with van der Waals surface area (Å²) in [6.45, 7) is 2.06. The molecule has 3 N–H and O–H groups in total. The number of carbonyl (C=O) groups is 1. The molecule has 1 atom stereocenters. The van der Waals surface area contributed by atoms with Gasteiger partial charge in [-0.1, -0.05) is 37.3 Å². The van der Waals surface area contributed by atoms with E-state index in [4.69, 9.17) is 5.73 Å². The first-order chi connectivity index (χ1) is 9.20. The number of amides is 1. The maximum atomic E-state index is 12.4. The van der Waals surface area contributed by atoms with E-state index < -0.39 is 0 Å². The molecule has 0 radical (unpaired) electrons. The fourth-order valence-electron chi connectivity index (χ4n) is 2.82. The Morgan fingerprint density at radius 3 is 2.40 bits per heavy atom. The summed E-state index contributed by atoms with van der Waals surface area (Å²) < 4.78 is 0. The second kappa shape index (κ2) is 8.28. The van der Waals surface area contributed by atoms with E-state index in [9.17, 15) is 4.79 Å². The topological polar surface area (TPSA) is 55.1 Å². The molecule has 1 unspecified atom stereocenters. The molecule has 1 aromatic carbocycles. The summed E-state index contributed by atoms with van der Waals surface area (Å²) in [5.74, 6) is 0.131. The highest BCUT2D eigenvalue weighted by Crippen LogP contribution is 2.22. The number of rotatable bonds is 4. The van der Waals surface area contributed by atoms with E-state index in [-0.39, 0.29) is 24.2 Å². The van der Waals surface area contributed by atoms with Crippen molar-refractivity contribution in [3.8, 4) is 0 Å². The van der Waals surface area contributed by atoms with E-state index in [1.54, 1.807) is 0 Å². The molecule has 1 amide bonds. The predicted octanol–water partition coefficient (Wildman–Crippen LogP) is 2.99. The monoisotopic (exact) mass is 296 g/mol. The van der Waals surface area contributed by atoms with Gasteiger partial charge in [0.2, 0.25) is 5.91 Å². The highest BCUT2D eigenvalue weighted by molar-refractivity contribution is 5.85. The van der Waals surface area contributed by atoms with Crippen LogP contribution in [-0.4, -0.2) is 18.0 Å². The first-order valence-corrected chi connectivity index (χ1v) is 7.31. The minimum atomic E-state index is -0.0307. The molecule has 112 valence electrons. The molecule has 0 aromatic heterocycles. The van der Waals surface area contributed by atoms with Crippen LogP contribution >= 0.6 is 12.4 Å². The Kier molecular flexibility index (Phi) is 7.03. The van der Waals surface area contributed by atoms with E-state index >= 15 is 0 Å². The maximum Gasteiger partial charge on any atom is 0.227 e. The average molecular weight is 297 g/mol. The molecule has 1 aliphatic rings. The van der Waals surface area contributed by atoms with Gasteiger partial charge in [0.05, 0.1) is 5.92 Å². The lowest BCUT2D eigenvalue weighted by molar-refractivity contribution is -0.123. The van der Waals surface area contributed by atoms with Crippen molar-refractivity contribution in [1.29, 1.82) is 0 Å². The second-order valence-electron chi connectivity index (χ2n) is 5.49. The molecule has 0 bridgehead atoms. The Morgan fingerprint density at radius 1 is 1.25 bits per heavy atom. The van der Waals surface area contributed by atoms with E-state index in [2.05, 4.69) is 12.2 Å². The fourth-order valence-corrected chi connectivity index (χ4v) is 2.82. The van der Waals surface area contributed by atoms with Gasteiger partial charge in [-0.15, -0.1) is 12.4 Å². The zero-order valence-corrected chi connectivity index (χ0v) is 12.9. The van der Waals surface area contributed by atoms with Crippen molar-refractivity contribution in [2.24, 2.45) is 5.73 Å². The average Bonchev–Trinajstić information content (AvgIpc) is 2.43. The SMILES string of the molecule is CCC(C(=O)NC1CCC(N)CC1)c1ccccc1.Cl. The molecule has 1 saturated carbocycles. The molecule has 0 spiro atoms. The molecule has 4 heteroatoms. The van der Waals surface area contributed by atoms with Crippen LogP contribution in [0, 0.1) is 0 Å². The molecule has 0 heterocycles. The summed E-state index contributed by atoms with van der Waals surface area (Å²) >= 11 is 0. The standard InChI is InChI=1S/C16H24N2O.ClH/c1-2-15(12-6-4-3-5-7-12)16(19)18-14-10-8-13(17)9-11-14;/h3-7,13-15H,2,8-11,17H2,1H3,(H,18,19);1H. The van der Waals surface area contributed by atoms with Crippen molar-refractivity contribution in [2.45, 2.75) is 57.0 Å². The summed E-state index contributed by atoms with van der Waals surface area (Å²) in [6, 6.07) is 10.7. The number of benzene rings is 1. The van der Waals surface area contributed by atoms with Crippen molar-refractivity contribution >= 4 is 18.3 Å². The Balaban J connectivity index is 0.00000200. The normalized spacial score (nSPS) is 23.5. The molecule has 2 rings (SSSR count). The smallest absolute Gasteiger partial charge is 0.227 e. The van der Waals surface area contributed by atoms with Crippen LogP contribution < -0.4 is 11.1 Å². The molecule has 3 nitrogen and oxygen atoms in total. The van der Waals surface area contributed by atoms with Crippen LogP contribution in [0.1, 0.15) is 50.5 Å². The quantitative estimate of drug-likeness (QED) is 0.897. The number of halogens is 1. The largest absolute Gasteiger partial charge is 0.353 e. The molecule has 1 aliphatic carbocycles. The van der Waals surface area contributed by atoms with Gasteiger partial charge in [0.1, 0.15) is 0 Å². The Labute approximate surface area is 127 Å². The van der Waals surface area contributed by atoms with Crippen LogP contribution in [0.2, 0.25) is 0 Å². The summed E-state index contributed by atoms with van der Waals surface area (Å²) in [4.78, 5) is 12.4. The first-order valence-electron chi connectivity index (χ1n) is 7.31. The third-order valence-electron chi connectivity index (χ3n) is 4.04. The molecular formula is C16H25ClN2O. The third kappa shape index (κ3) is 4.50. The van der Waals surface area contributed by atoms with Crippen molar-refractivity contribution in [2.75, 3.05) is 0 Å². The third-order valence-corrected chi connectivity index (χ3v) is 4.04. The van der Waals surface area contributed by atoms with Crippen molar-refractivity contribution in [3.05, 3.63) is 35.9 Å². The Morgan fingerprint density at radius 2 is 1.85 bits per heavy atom. The number of nitrogens with two attached hydrogens (primary N) is 1. The second-order valence-corrected chi connectivity index (χ2v) is 5.49. The highest BCUT2D eigenvalue weighted by atomic mass is 35.5. The highest BCUT2D eigenvalue weighted by Gasteiger charge is 2.24. The lowest BCUT2D eigenvalue weighted by Crippen LogP contribution is -2.42. The molecule has 0 aliphatic heterocycles. The van der Waals surface area contributed by atoms with E-state index in [0.717, 1.165) is 37.7 Å². The van der Waals surface area contributed by atoms with Crippen LogP contribution in [-0.2, 0) is 4.79 Å².